The summed E-state index contributed by atoms with van der Waals surface area (Å²) < 4.78 is 4.89. The molecule has 0 spiro atoms. The number of ether oxygens (including phenoxy) is 1. The van der Waals surface area contributed by atoms with E-state index in [0.29, 0.717) is 19.6 Å². The molecule has 0 aliphatic carbocycles. The molecule has 0 bridgehead atoms. The fourth-order valence-electron chi connectivity index (χ4n) is 1.14. The number of aliphatic hydroxyl groups is 1. The molecule has 1 amide bonds. The molecule has 1 atom stereocenters. The lowest BCUT2D eigenvalue weighted by molar-refractivity contribution is -0.122. The van der Waals surface area contributed by atoms with E-state index in [1.165, 1.54) is 0 Å². The van der Waals surface area contributed by atoms with Crippen molar-refractivity contribution < 1.29 is 14.6 Å². The second-order valence-corrected chi connectivity index (χ2v) is 5.14. The first-order valence-electron chi connectivity index (χ1n) is 5.81. The predicted octanol–water partition coefficient (Wildman–Crippen LogP) is 1.33. The minimum atomic E-state index is -0.504. The lowest BCUT2D eigenvalue weighted by Gasteiger charge is -2.25. The van der Waals surface area contributed by atoms with Gasteiger partial charge in [0.2, 0.25) is 5.91 Å². The molecule has 0 aliphatic rings. The van der Waals surface area contributed by atoms with Crippen molar-refractivity contribution in [3.63, 3.8) is 0 Å². The Hall–Kier alpha value is -0.610. The molecule has 4 nitrogen and oxygen atoms in total. The third kappa shape index (κ3) is 7.65. The van der Waals surface area contributed by atoms with Gasteiger partial charge in [-0.05, 0) is 18.3 Å². The third-order valence-electron chi connectivity index (χ3n) is 2.49. The highest BCUT2D eigenvalue weighted by Gasteiger charge is 2.22. The molecule has 4 heteroatoms. The monoisotopic (exact) mass is 231 g/mol. The molecule has 0 saturated carbocycles. The smallest absolute Gasteiger partial charge is 0.220 e. The summed E-state index contributed by atoms with van der Waals surface area (Å²) in [5.41, 5.74) is -0.191. The first-order valence-corrected chi connectivity index (χ1v) is 5.81. The Kier molecular flexibility index (Phi) is 7.34. The van der Waals surface area contributed by atoms with Crippen molar-refractivity contribution in [2.45, 2.75) is 46.1 Å². The van der Waals surface area contributed by atoms with Crippen LogP contribution in [0, 0.1) is 5.41 Å². The number of rotatable bonds is 7. The number of carbonyl (C=O) groups is 1. The van der Waals surface area contributed by atoms with Crippen LogP contribution < -0.4 is 5.32 Å². The van der Waals surface area contributed by atoms with Gasteiger partial charge in [0.05, 0.1) is 6.10 Å². The van der Waals surface area contributed by atoms with Crippen LogP contribution in [0.1, 0.15) is 40.0 Å². The van der Waals surface area contributed by atoms with Gasteiger partial charge in [0.25, 0.3) is 0 Å². The fraction of sp³-hybridized carbons (Fsp3) is 0.917. The minimum Gasteiger partial charge on any atom is -0.391 e. The van der Waals surface area contributed by atoms with E-state index in [2.05, 4.69) is 5.32 Å². The van der Waals surface area contributed by atoms with Gasteiger partial charge in [-0.2, -0.15) is 0 Å². The van der Waals surface area contributed by atoms with E-state index in [-0.39, 0.29) is 11.3 Å². The maximum Gasteiger partial charge on any atom is 0.220 e. The SMILES string of the molecule is COCCCCC(=O)NCC(O)C(C)(C)C. The van der Waals surface area contributed by atoms with Crippen LogP contribution in [-0.2, 0) is 9.53 Å². The molecular formula is C12H25NO3. The maximum atomic E-state index is 11.4. The summed E-state index contributed by atoms with van der Waals surface area (Å²) in [7, 11) is 1.65. The van der Waals surface area contributed by atoms with E-state index in [1.807, 2.05) is 20.8 Å². The molecular weight excluding hydrogens is 206 g/mol. The van der Waals surface area contributed by atoms with Crippen LogP contribution in [0.2, 0.25) is 0 Å². The quantitative estimate of drug-likeness (QED) is 0.650. The molecule has 0 rings (SSSR count). The van der Waals surface area contributed by atoms with Crippen LogP contribution in [0.5, 0.6) is 0 Å². The first-order chi connectivity index (χ1) is 7.38. The van der Waals surface area contributed by atoms with Gasteiger partial charge in [0, 0.05) is 26.7 Å². The van der Waals surface area contributed by atoms with Crippen LogP contribution in [0.15, 0.2) is 0 Å². The Morgan fingerprint density at radius 2 is 2.00 bits per heavy atom. The van der Waals surface area contributed by atoms with Gasteiger partial charge in [0.15, 0.2) is 0 Å². The molecule has 16 heavy (non-hydrogen) atoms. The van der Waals surface area contributed by atoms with Crippen molar-refractivity contribution in [2.75, 3.05) is 20.3 Å². The zero-order valence-corrected chi connectivity index (χ0v) is 10.9. The summed E-state index contributed by atoms with van der Waals surface area (Å²) in [6.45, 7) is 6.86. The molecule has 0 aromatic carbocycles. The highest BCUT2D eigenvalue weighted by molar-refractivity contribution is 5.75. The largest absolute Gasteiger partial charge is 0.391 e. The lowest BCUT2D eigenvalue weighted by Crippen LogP contribution is -2.39. The second kappa shape index (κ2) is 7.63. The number of carbonyl (C=O) groups excluding carboxylic acids is 1. The topological polar surface area (TPSA) is 58.6 Å². The second-order valence-electron chi connectivity index (χ2n) is 5.14. The van der Waals surface area contributed by atoms with Crippen molar-refractivity contribution in [3.8, 4) is 0 Å². The Labute approximate surface area is 98.4 Å². The van der Waals surface area contributed by atoms with Gasteiger partial charge >= 0.3 is 0 Å². The number of hydrogen-bond acceptors (Lipinski definition) is 3. The molecule has 0 heterocycles. The van der Waals surface area contributed by atoms with Crippen molar-refractivity contribution >= 4 is 5.91 Å². The number of nitrogens with one attached hydrogen (secondary N) is 1. The average Bonchev–Trinajstić information content (AvgIpc) is 2.19. The summed E-state index contributed by atoms with van der Waals surface area (Å²) in [5, 5.41) is 12.4. The molecule has 1 unspecified atom stereocenters. The summed E-state index contributed by atoms with van der Waals surface area (Å²) in [6, 6.07) is 0. The van der Waals surface area contributed by atoms with Crippen molar-refractivity contribution in [2.24, 2.45) is 5.41 Å². The van der Waals surface area contributed by atoms with E-state index in [4.69, 9.17) is 4.74 Å². The van der Waals surface area contributed by atoms with Gasteiger partial charge in [-0.15, -0.1) is 0 Å². The first kappa shape index (κ1) is 15.4. The normalized spacial score (nSPS) is 13.6. The number of methoxy groups -OCH3 is 1. The molecule has 0 aliphatic heterocycles. The van der Waals surface area contributed by atoms with Gasteiger partial charge < -0.3 is 15.2 Å². The van der Waals surface area contributed by atoms with Gasteiger partial charge in [-0.25, -0.2) is 0 Å². The standard InChI is InChI=1S/C12H25NO3/c1-12(2,3)10(14)9-13-11(15)7-5-6-8-16-4/h10,14H,5-9H2,1-4H3,(H,13,15). The summed E-state index contributed by atoms with van der Waals surface area (Å²) >= 11 is 0. The molecule has 2 N–H and O–H groups in total. The van der Waals surface area contributed by atoms with Crippen molar-refractivity contribution in [3.05, 3.63) is 0 Å². The lowest BCUT2D eigenvalue weighted by atomic mass is 9.89. The number of amides is 1. The molecule has 0 radical (unpaired) electrons. The Morgan fingerprint density at radius 1 is 1.38 bits per heavy atom. The minimum absolute atomic E-state index is 0.000553. The number of aliphatic hydroxyl groups excluding tert-OH is 1. The van der Waals surface area contributed by atoms with E-state index < -0.39 is 6.10 Å². The molecule has 0 saturated heterocycles. The zero-order valence-electron chi connectivity index (χ0n) is 10.9. The van der Waals surface area contributed by atoms with Gasteiger partial charge in [-0.1, -0.05) is 20.8 Å². The van der Waals surface area contributed by atoms with Crippen molar-refractivity contribution in [1.82, 2.24) is 5.32 Å². The Bertz CT molecular complexity index is 199. The Balaban J connectivity index is 3.58. The van der Waals surface area contributed by atoms with Crippen LogP contribution >= 0.6 is 0 Å². The summed E-state index contributed by atoms with van der Waals surface area (Å²) in [4.78, 5) is 11.4. The zero-order chi connectivity index (χ0) is 12.6. The van der Waals surface area contributed by atoms with E-state index >= 15 is 0 Å². The van der Waals surface area contributed by atoms with Crippen LogP contribution in [0.3, 0.4) is 0 Å². The van der Waals surface area contributed by atoms with E-state index in [1.54, 1.807) is 7.11 Å². The summed E-state index contributed by atoms with van der Waals surface area (Å²) in [5.74, 6) is -0.000553. The highest BCUT2D eigenvalue weighted by atomic mass is 16.5. The number of unbranched alkanes of at least 4 members (excludes halogenated alkanes) is 1. The maximum absolute atomic E-state index is 11.4. The van der Waals surface area contributed by atoms with Crippen LogP contribution in [-0.4, -0.2) is 37.4 Å². The molecule has 0 aromatic heterocycles. The molecule has 0 aromatic rings. The average molecular weight is 231 g/mol. The molecule has 0 fully saturated rings. The van der Waals surface area contributed by atoms with E-state index in [9.17, 15) is 9.90 Å². The van der Waals surface area contributed by atoms with Gasteiger partial charge in [0.1, 0.15) is 0 Å². The third-order valence-corrected chi connectivity index (χ3v) is 2.49. The van der Waals surface area contributed by atoms with Crippen LogP contribution in [0.25, 0.3) is 0 Å². The van der Waals surface area contributed by atoms with E-state index in [0.717, 1.165) is 12.8 Å². The highest BCUT2D eigenvalue weighted by Crippen LogP contribution is 2.18. The van der Waals surface area contributed by atoms with Crippen molar-refractivity contribution in [1.29, 1.82) is 0 Å². The summed E-state index contributed by atoms with van der Waals surface area (Å²) in [6.07, 6.45) is 1.72. The van der Waals surface area contributed by atoms with Gasteiger partial charge in [-0.3, -0.25) is 4.79 Å². The Morgan fingerprint density at radius 3 is 2.50 bits per heavy atom. The fourth-order valence-corrected chi connectivity index (χ4v) is 1.14. The molecule has 96 valence electrons. The van der Waals surface area contributed by atoms with Crippen LogP contribution in [0.4, 0.5) is 0 Å². The number of hydrogen-bond donors (Lipinski definition) is 2. The predicted molar refractivity (Wildman–Crippen MR) is 64.2 cm³/mol.